The van der Waals surface area contributed by atoms with E-state index in [1.165, 1.54) is 0 Å². The van der Waals surface area contributed by atoms with Gasteiger partial charge in [0.1, 0.15) is 17.7 Å². The molecule has 3 heterocycles. The third-order valence-electron chi connectivity index (χ3n) is 11.2. The number of nitrogens with one attached hydrogen (secondary N) is 3. The van der Waals surface area contributed by atoms with E-state index in [1.807, 2.05) is 109 Å². The highest BCUT2D eigenvalue weighted by Gasteiger charge is 2.39. The van der Waals surface area contributed by atoms with E-state index in [4.69, 9.17) is 4.74 Å². The zero-order valence-corrected chi connectivity index (χ0v) is 34.2. The van der Waals surface area contributed by atoms with Crippen molar-refractivity contribution in [3.05, 3.63) is 126 Å². The van der Waals surface area contributed by atoms with Crippen molar-refractivity contribution in [3.8, 4) is 11.3 Å². The standard InChI is InChI=1S/C48H53N5O6.CH4/c1-48(2,3)59-43(55)30-37(32-13-7-5-8-14-32)46(57)53-26-12-18-41(53)45(56)50-36-22-20-33(21-23-36)39-29-35-27-31(19-24-38(35)51-39)28-42(54)40-17-11-25-52(40)47(58)44(49-4)34-15-9-6-10-16-34;/h5-10,13-16,19-24,27,29,37,40-41,44,49,51H,11-12,17-18,25-26,28,30H2,1-4H3,(H,50,56);1H4/t37-,40+,41+,44-;/m1./s1. The quantitative estimate of drug-likeness (QED) is 0.103. The van der Waals surface area contributed by atoms with Crippen molar-refractivity contribution in [2.45, 2.75) is 96.4 Å². The number of benzene rings is 4. The predicted molar refractivity (Wildman–Crippen MR) is 235 cm³/mol. The Morgan fingerprint density at radius 1 is 0.767 bits per heavy atom. The Bertz CT molecular complexity index is 2300. The summed E-state index contributed by atoms with van der Waals surface area (Å²) in [4.78, 5) is 74.7. The van der Waals surface area contributed by atoms with Gasteiger partial charge in [-0.3, -0.25) is 24.0 Å². The number of ketones is 1. The molecule has 0 unspecified atom stereocenters. The number of anilines is 1. The number of Topliss-reactive ketones (excluding diaryl/α,β-unsaturated/α-hetero) is 1. The molecule has 5 aromatic rings. The molecule has 2 aliphatic heterocycles. The lowest BCUT2D eigenvalue weighted by Crippen LogP contribution is -2.46. The maximum absolute atomic E-state index is 14.0. The minimum Gasteiger partial charge on any atom is -0.460 e. The topological polar surface area (TPSA) is 141 Å². The van der Waals surface area contributed by atoms with E-state index >= 15 is 0 Å². The number of nitrogens with zero attached hydrogens (tertiary/aromatic N) is 2. The largest absolute Gasteiger partial charge is 0.460 e. The molecule has 3 N–H and O–H groups in total. The lowest BCUT2D eigenvalue weighted by Gasteiger charge is -2.29. The first-order chi connectivity index (χ1) is 28.4. The molecular weight excluding hydrogens is 755 g/mol. The maximum atomic E-state index is 14.0. The van der Waals surface area contributed by atoms with Crippen molar-refractivity contribution in [1.29, 1.82) is 0 Å². The zero-order valence-electron chi connectivity index (χ0n) is 34.2. The van der Waals surface area contributed by atoms with Gasteiger partial charge in [-0.15, -0.1) is 0 Å². The van der Waals surface area contributed by atoms with E-state index in [9.17, 15) is 24.0 Å². The zero-order chi connectivity index (χ0) is 41.7. The Kier molecular flexibility index (Phi) is 13.7. The van der Waals surface area contributed by atoms with Crippen molar-refractivity contribution in [3.63, 3.8) is 0 Å². The molecule has 11 nitrogen and oxygen atoms in total. The number of aromatic nitrogens is 1. The van der Waals surface area contributed by atoms with Crippen LogP contribution in [0.5, 0.6) is 0 Å². The molecule has 2 fully saturated rings. The molecule has 0 radical (unpaired) electrons. The van der Waals surface area contributed by atoms with E-state index in [1.54, 1.807) is 37.6 Å². The summed E-state index contributed by atoms with van der Waals surface area (Å²) >= 11 is 0. The van der Waals surface area contributed by atoms with Crippen LogP contribution in [-0.4, -0.2) is 82.1 Å². The number of hydrogen-bond acceptors (Lipinski definition) is 7. The summed E-state index contributed by atoms with van der Waals surface area (Å²) in [5.41, 5.74) is 5.12. The number of H-pyrrole nitrogens is 1. The summed E-state index contributed by atoms with van der Waals surface area (Å²) in [6, 6.07) is 32.7. The van der Waals surface area contributed by atoms with Gasteiger partial charge >= 0.3 is 5.97 Å². The first-order valence-electron chi connectivity index (χ1n) is 20.5. The fourth-order valence-corrected chi connectivity index (χ4v) is 8.42. The fourth-order valence-electron chi connectivity index (χ4n) is 8.42. The number of aromatic amines is 1. The molecular formula is C49H57N5O6. The lowest BCUT2D eigenvalue weighted by molar-refractivity contribution is -0.157. The van der Waals surface area contributed by atoms with Gasteiger partial charge in [0.2, 0.25) is 17.7 Å². The van der Waals surface area contributed by atoms with Gasteiger partial charge in [0.25, 0.3) is 0 Å². The predicted octanol–water partition coefficient (Wildman–Crippen LogP) is 7.98. The Hall–Kier alpha value is -6.07. The summed E-state index contributed by atoms with van der Waals surface area (Å²) in [7, 11) is 1.77. The van der Waals surface area contributed by atoms with Crippen LogP contribution in [-0.2, 0) is 35.1 Å². The Morgan fingerprint density at radius 3 is 2.02 bits per heavy atom. The third kappa shape index (κ3) is 10.0. The Morgan fingerprint density at radius 2 is 1.38 bits per heavy atom. The van der Waals surface area contributed by atoms with Crippen LogP contribution in [0.1, 0.15) is 89.0 Å². The number of likely N-dealkylation sites (N-methyl/N-ethyl adjacent to an activating group) is 1. The molecule has 314 valence electrons. The second-order valence-corrected chi connectivity index (χ2v) is 16.6. The van der Waals surface area contributed by atoms with Crippen molar-refractivity contribution in [2.24, 2.45) is 0 Å². The van der Waals surface area contributed by atoms with Crippen LogP contribution in [0.2, 0.25) is 0 Å². The fraction of sp³-hybridized carbons (Fsp3) is 0.367. The van der Waals surface area contributed by atoms with Crippen LogP contribution in [0.25, 0.3) is 22.2 Å². The van der Waals surface area contributed by atoms with Crippen LogP contribution >= 0.6 is 0 Å². The number of rotatable bonds is 13. The average molecular weight is 812 g/mol. The molecule has 4 atom stereocenters. The molecule has 2 saturated heterocycles. The molecule has 11 heteroatoms. The number of carbonyl (C=O) groups is 5. The molecule has 3 amide bonds. The SMILES string of the molecule is C.CN[C@@H](C(=O)N1CCC[C@H]1C(=O)Cc1ccc2[nH]c(-c3ccc(NC(=O)[C@@H]4CCCN4C(=O)[C@H](CC(=O)OC(C)(C)C)c4ccccc4)cc3)cc2c1)c1ccccc1. The van der Waals surface area contributed by atoms with Crippen LogP contribution in [0.15, 0.2) is 109 Å². The first-order valence-corrected chi connectivity index (χ1v) is 20.5. The number of likely N-dealkylation sites (tertiary alicyclic amines) is 2. The molecule has 2 aliphatic rings. The third-order valence-corrected chi connectivity index (χ3v) is 11.2. The first kappa shape index (κ1) is 43.5. The molecule has 0 bridgehead atoms. The maximum Gasteiger partial charge on any atom is 0.307 e. The summed E-state index contributed by atoms with van der Waals surface area (Å²) in [6.07, 6.45) is 2.77. The van der Waals surface area contributed by atoms with E-state index in [0.717, 1.165) is 39.7 Å². The van der Waals surface area contributed by atoms with E-state index in [0.29, 0.717) is 43.6 Å². The number of carbonyl (C=O) groups excluding carboxylic acids is 5. The number of ether oxygens (including phenoxy) is 1. The average Bonchev–Trinajstić information content (AvgIpc) is 4.01. The molecule has 0 spiro atoms. The summed E-state index contributed by atoms with van der Waals surface area (Å²) < 4.78 is 5.56. The van der Waals surface area contributed by atoms with Gasteiger partial charge in [-0.05, 0) is 106 Å². The van der Waals surface area contributed by atoms with Crippen LogP contribution in [0.4, 0.5) is 5.69 Å². The summed E-state index contributed by atoms with van der Waals surface area (Å²) in [6.45, 7) is 6.37. The van der Waals surface area contributed by atoms with Crippen molar-refractivity contribution < 1.29 is 28.7 Å². The molecule has 7 rings (SSSR count). The lowest BCUT2D eigenvalue weighted by atomic mass is 9.93. The highest BCUT2D eigenvalue weighted by Crippen LogP contribution is 2.31. The smallest absolute Gasteiger partial charge is 0.307 e. The van der Waals surface area contributed by atoms with E-state index in [-0.39, 0.29) is 43.8 Å². The molecule has 0 saturated carbocycles. The van der Waals surface area contributed by atoms with Crippen molar-refractivity contribution >= 4 is 46.1 Å². The minimum atomic E-state index is -0.767. The van der Waals surface area contributed by atoms with Crippen molar-refractivity contribution in [1.82, 2.24) is 20.1 Å². The molecule has 60 heavy (non-hydrogen) atoms. The van der Waals surface area contributed by atoms with Crippen molar-refractivity contribution in [2.75, 3.05) is 25.5 Å². The second-order valence-electron chi connectivity index (χ2n) is 16.6. The van der Waals surface area contributed by atoms with Gasteiger partial charge < -0.3 is 30.2 Å². The van der Waals surface area contributed by atoms with E-state index < -0.39 is 35.6 Å². The highest BCUT2D eigenvalue weighted by atomic mass is 16.6. The van der Waals surface area contributed by atoms with Crippen LogP contribution in [0.3, 0.4) is 0 Å². The number of amides is 3. The summed E-state index contributed by atoms with van der Waals surface area (Å²) in [5, 5.41) is 7.11. The Labute approximate surface area is 352 Å². The van der Waals surface area contributed by atoms with Crippen LogP contribution in [0, 0.1) is 0 Å². The molecule has 4 aromatic carbocycles. The van der Waals surface area contributed by atoms with Gasteiger partial charge in [0, 0.05) is 41.8 Å². The second kappa shape index (κ2) is 18.9. The molecule has 0 aliphatic carbocycles. The highest BCUT2D eigenvalue weighted by molar-refractivity contribution is 5.99. The molecule has 1 aromatic heterocycles. The summed E-state index contributed by atoms with van der Waals surface area (Å²) in [5.74, 6) is -1.81. The van der Waals surface area contributed by atoms with Crippen LogP contribution < -0.4 is 10.6 Å². The minimum absolute atomic E-state index is 0. The number of esters is 1. The van der Waals surface area contributed by atoms with Gasteiger partial charge in [-0.1, -0.05) is 86.3 Å². The monoisotopic (exact) mass is 811 g/mol. The van der Waals surface area contributed by atoms with Gasteiger partial charge in [-0.2, -0.15) is 0 Å². The normalized spacial score (nSPS) is 17.5. The van der Waals surface area contributed by atoms with Gasteiger partial charge in [-0.25, -0.2) is 0 Å². The van der Waals surface area contributed by atoms with E-state index in [2.05, 4.69) is 15.6 Å². The van der Waals surface area contributed by atoms with Gasteiger partial charge in [0.15, 0.2) is 5.78 Å². The number of hydrogen-bond donors (Lipinski definition) is 3. The number of fused-ring (bicyclic) bond motifs is 1. The van der Waals surface area contributed by atoms with Gasteiger partial charge in [0.05, 0.1) is 18.4 Å². The Balaban J connectivity index is 0.00000604.